The van der Waals surface area contributed by atoms with E-state index in [4.69, 9.17) is 9.15 Å². The number of methoxy groups -OCH3 is 1. The minimum absolute atomic E-state index is 0.0821. The number of ether oxygens (including phenoxy) is 1. The quantitative estimate of drug-likeness (QED) is 0.237. The number of carbonyl (C=O) groups excluding carboxylic acids is 2. The number of aromatic nitrogens is 2. The molecule has 1 aromatic heterocycles. The number of alkyl carbamates (subject to hydrolysis) is 1. The molecule has 0 radical (unpaired) electrons. The van der Waals surface area contributed by atoms with E-state index in [-0.39, 0.29) is 17.6 Å². The van der Waals surface area contributed by atoms with Gasteiger partial charge >= 0.3 is 6.09 Å². The molecule has 1 fully saturated rings. The molecule has 0 saturated heterocycles. The first-order valence-electron chi connectivity index (χ1n) is 11.1. The molecule has 0 bridgehead atoms. The molecule has 10 nitrogen and oxygen atoms in total. The van der Waals surface area contributed by atoms with Crippen molar-refractivity contribution in [3.8, 4) is 0 Å². The lowest BCUT2D eigenvalue weighted by Crippen LogP contribution is -2.64. The zero-order valence-corrected chi connectivity index (χ0v) is 20.5. The highest BCUT2D eigenvalue weighted by atomic mass is 32.2. The number of ketones is 1. The molecule has 1 aliphatic rings. The Kier molecular flexibility index (Phi) is 10.4. The molecule has 1 heterocycles. The van der Waals surface area contributed by atoms with Gasteiger partial charge in [0.2, 0.25) is 5.78 Å². The number of rotatable bonds is 12. The van der Waals surface area contributed by atoms with E-state index in [2.05, 4.69) is 20.8 Å². The van der Waals surface area contributed by atoms with Gasteiger partial charge in [-0.25, -0.2) is 4.79 Å². The molecule has 1 aliphatic carbocycles. The zero-order chi connectivity index (χ0) is 23.7. The van der Waals surface area contributed by atoms with Gasteiger partial charge in [0.1, 0.15) is 6.23 Å². The average Bonchev–Trinajstić information content (AvgIpc) is 3.21. The number of carbonyl (C=O) groups is 2. The van der Waals surface area contributed by atoms with Gasteiger partial charge in [-0.05, 0) is 39.3 Å². The van der Waals surface area contributed by atoms with E-state index in [0.717, 1.165) is 31.6 Å². The molecule has 0 spiro atoms. The van der Waals surface area contributed by atoms with Crippen LogP contribution in [0.25, 0.3) is 0 Å². The highest BCUT2D eigenvalue weighted by molar-refractivity contribution is 7.99. The first kappa shape index (κ1) is 26.6. The predicted octanol–water partition coefficient (Wildman–Crippen LogP) is 2.29. The molecule has 11 heteroatoms. The van der Waals surface area contributed by atoms with Crippen LogP contribution in [0.4, 0.5) is 4.79 Å². The number of aliphatic hydroxyl groups excluding tert-OH is 1. The van der Waals surface area contributed by atoms with Crippen molar-refractivity contribution >= 4 is 23.6 Å². The molecule has 1 saturated carbocycles. The maximum absolute atomic E-state index is 13.2. The van der Waals surface area contributed by atoms with E-state index in [1.807, 2.05) is 32.8 Å². The second-order valence-corrected chi connectivity index (χ2v) is 10.0. The normalized spacial score (nSPS) is 17.9. The second kappa shape index (κ2) is 12.5. The number of hydrogen-bond donors (Lipinski definition) is 3. The molecule has 3 N–H and O–H groups in total. The van der Waals surface area contributed by atoms with E-state index in [1.165, 1.54) is 18.9 Å². The van der Waals surface area contributed by atoms with Crippen LogP contribution in [-0.4, -0.2) is 83.4 Å². The zero-order valence-electron chi connectivity index (χ0n) is 19.7. The summed E-state index contributed by atoms with van der Waals surface area (Å²) in [4.78, 5) is 27.2. The maximum Gasteiger partial charge on any atom is 0.407 e. The molecule has 2 unspecified atom stereocenters. The Labute approximate surface area is 194 Å². The van der Waals surface area contributed by atoms with E-state index in [1.54, 1.807) is 0 Å². The van der Waals surface area contributed by atoms with Gasteiger partial charge in [-0.2, -0.15) is 0 Å². The van der Waals surface area contributed by atoms with E-state index in [9.17, 15) is 14.7 Å². The summed E-state index contributed by atoms with van der Waals surface area (Å²) in [6, 6.07) is -0.733. The predicted molar refractivity (Wildman–Crippen MR) is 122 cm³/mol. The summed E-state index contributed by atoms with van der Waals surface area (Å²) >= 11 is 1.39. The van der Waals surface area contributed by atoms with Gasteiger partial charge in [0.15, 0.2) is 0 Å². The number of hydrogen-bond acceptors (Lipinski definition) is 10. The van der Waals surface area contributed by atoms with Crippen LogP contribution in [0.3, 0.4) is 0 Å². The van der Waals surface area contributed by atoms with Crippen LogP contribution in [0, 0.1) is 5.92 Å². The van der Waals surface area contributed by atoms with Crippen LogP contribution >= 0.6 is 11.8 Å². The average molecular weight is 472 g/mol. The van der Waals surface area contributed by atoms with Crippen molar-refractivity contribution in [2.24, 2.45) is 5.92 Å². The lowest BCUT2D eigenvalue weighted by molar-refractivity contribution is 0.000596. The Hall–Kier alpha value is -1.69. The number of thioether (sulfide) groups is 1. The van der Waals surface area contributed by atoms with Crippen molar-refractivity contribution in [2.45, 2.75) is 75.4 Å². The van der Waals surface area contributed by atoms with Gasteiger partial charge in [0.05, 0.1) is 18.7 Å². The topological polar surface area (TPSA) is 130 Å². The largest absolute Gasteiger partial charge is 0.453 e. The van der Waals surface area contributed by atoms with Crippen LogP contribution < -0.4 is 10.6 Å². The van der Waals surface area contributed by atoms with Gasteiger partial charge in [0.25, 0.3) is 11.1 Å². The van der Waals surface area contributed by atoms with Gasteiger partial charge in [0, 0.05) is 12.3 Å². The third kappa shape index (κ3) is 7.72. The van der Waals surface area contributed by atoms with Gasteiger partial charge in [-0.3, -0.25) is 10.1 Å². The van der Waals surface area contributed by atoms with Crippen molar-refractivity contribution in [1.82, 2.24) is 25.7 Å². The molecule has 1 aromatic rings. The fraction of sp³-hybridized carbons (Fsp3) is 0.810. The summed E-state index contributed by atoms with van der Waals surface area (Å²) in [6.07, 6.45) is 2.67. The summed E-state index contributed by atoms with van der Waals surface area (Å²) in [5, 5.41) is 25.2. The molecular weight excluding hydrogens is 434 g/mol. The third-order valence-corrected chi connectivity index (χ3v) is 6.37. The third-order valence-electron chi connectivity index (χ3n) is 5.57. The Morgan fingerprint density at radius 3 is 2.53 bits per heavy atom. The van der Waals surface area contributed by atoms with E-state index >= 15 is 0 Å². The number of nitrogens with one attached hydrogen (secondary N) is 2. The summed E-state index contributed by atoms with van der Waals surface area (Å²) < 4.78 is 10.4. The Morgan fingerprint density at radius 2 is 1.94 bits per heavy atom. The van der Waals surface area contributed by atoms with Crippen LogP contribution in [0.2, 0.25) is 0 Å². The van der Waals surface area contributed by atoms with Crippen molar-refractivity contribution in [2.75, 3.05) is 33.5 Å². The maximum atomic E-state index is 13.2. The van der Waals surface area contributed by atoms with Crippen molar-refractivity contribution < 1.29 is 23.8 Å². The summed E-state index contributed by atoms with van der Waals surface area (Å²) in [6.45, 7) is 4.83. The molecular formula is C21H37N5O5S. The molecule has 0 aliphatic heterocycles. The molecule has 32 heavy (non-hydrogen) atoms. The van der Waals surface area contributed by atoms with E-state index < -0.39 is 23.9 Å². The van der Waals surface area contributed by atoms with E-state index in [0.29, 0.717) is 24.5 Å². The van der Waals surface area contributed by atoms with Crippen molar-refractivity contribution in [3.63, 3.8) is 0 Å². The summed E-state index contributed by atoms with van der Waals surface area (Å²) in [7, 11) is 5.25. The molecule has 1 amide bonds. The second-order valence-electron chi connectivity index (χ2n) is 8.97. The molecule has 0 aromatic carbocycles. The Balaban J connectivity index is 2.13. The molecule has 2 atom stereocenters. The minimum atomic E-state index is -1.13. The monoisotopic (exact) mass is 471 g/mol. The summed E-state index contributed by atoms with van der Waals surface area (Å²) in [5.41, 5.74) is -0.900. The number of aliphatic hydroxyl groups is 1. The Bertz CT molecular complexity index is 736. The highest BCUT2D eigenvalue weighted by Crippen LogP contribution is 2.31. The lowest BCUT2D eigenvalue weighted by atomic mass is 9.79. The van der Waals surface area contributed by atoms with Gasteiger partial charge < -0.3 is 24.5 Å². The summed E-state index contributed by atoms with van der Waals surface area (Å²) in [5.74, 6) is 0.489. The van der Waals surface area contributed by atoms with Crippen molar-refractivity contribution in [1.29, 1.82) is 0 Å². The first-order valence-corrected chi connectivity index (χ1v) is 12.1. The number of amides is 1. The first-order chi connectivity index (χ1) is 15.2. The van der Waals surface area contributed by atoms with Crippen molar-refractivity contribution in [3.05, 3.63) is 5.89 Å². The van der Waals surface area contributed by atoms with Crippen LogP contribution in [0.15, 0.2) is 9.64 Å². The Morgan fingerprint density at radius 1 is 1.25 bits per heavy atom. The fourth-order valence-corrected chi connectivity index (χ4v) is 4.68. The molecule has 182 valence electrons. The number of nitrogens with zero attached hydrogens (tertiary/aromatic N) is 3. The number of Topliss-reactive ketones (excluding diaryl/α,β-unsaturated/α-hetero) is 1. The SMILES string of the molecule is COC(=O)NC1(C(O)NC(CC(C)C)C(=O)c2nnc(SCCN(C)C)o2)CCCCC1. The van der Waals surface area contributed by atoms with Crippen LogP contribution in [0.5, 0.6) is 0 Å². The smallest absolute Gasteiger partial charge is 0.407 e. The van der Waals surface area contributed by atoms with Gasteiger partial charge in [-0.1, -0.05) is 44.9 Å². The van der Waals surface area contributed by atoms with Crippen LogP contribution in [0.1, 0.15) is 63.1 Å². The standard InChI is InChI=1S/C21H37N5O5S/c1-14(2)13-15(16(27)17-24-25-20(31-17)32-12-11-26(3)4)22-18(28)21(23-19(29)30-5)9-7-6-8-10-21/h14-15,18,22,28H,6-13H2,1-5H3,(H,23,29). The van der Waals surface area contributed by atoms with Crippen LogP contribution in [-0.2, 0) is 4.74 Å². The van der Waals surface area contributed by atoms with Gasteiger partial charge in [-0.15, -0.1) is 10.2 Å². The fourth-order valence-electron chi connectivity index (χ4n) is 3.81. The highest BCUT2D eigenvalue weighted by Gasteiger charge is 2.43. The molecule has 2 rings (SSSR count). The lowest BCUT2D eigenvalue weighted by Gasteiger charge is -2.42. The minimum Gasteiger partial charge on any atom is -0.453 e.